The summed E-state index contributed by atoms with van der Waals surface area (Å²) >= 11 is 0. The normalized spacial score (nSPS) is 51.3. The molecule has 0 aromatic heterocycles. The van der Waals surface area contributed by atoms with Gasteiger partial charge in [0.05, 0.1) is 5.60 Å². The lowest BCUT2D eigenvalue weighted by Gasteiger charge is -2.56. The maximum absolute atomic E-state index is 13.1. The summed E-state index contributed by atoms with van der Waals surface area (Å²) in [6.45, 7) is 3.91. The van der Waals surface area contributed by atoms with E-state index in [9.17, 15) is 23.1 Å². The van der Waals surface area contributed by atoms with E-state index in [1.165, 1.54) is 0 Å². The molecule has 4 saturated carbocycles. The molecule has 26 heavy (non-hydrogen) atoms. The van der Waals surface area contributed by atoms with Gasteiger partial charge >= 0.3 is 6.18 Å². The van der Waals surface area contributed by atoms with Crippen LogP contribution in [0.15, 0.2) is 0 Å². The summed E-state index contributed by atoms with van der Waals surface area (Å²) < 4.78 is 39.3. The van der Waals surface area contributed by atoms with Crippen LogP contribution in [0.5, 0.6) is 0 Å². The molecular formula is C21H31F3O2. The molecular weight excluding hydrogens is 341 g/mol. The molecule has 0 saturated heterocycles. The van der Waals surface area contributed by atoms with Gasteiger partial charge in [0.25, 0.3) is 0 Å². The molecule has 0 unspecified atom stereocenters. The van der Waals surface area contributed by atoms with Crippen LogP contribution in [0.2, 0.25) is 0 Å². The number of carbonyl (C=O) groups is 1. The fraction of sp³-hybridized carbons (Fsp3) is 0.952. The van der Waals surface area contributed by atoms with E-state index >= 15 is 0 Å². The number of aliphatic hydroxyl groups is 1. The Balaban J connectivity index is 1.54. The zero-order valence-corrected chi connectivity index (χ0v) is 15.8. The molecule has 0 aliphatic heterocycles. The highest BCUT2D eigenvalue weighted by Gasteiger charge is 2.61. The summed E-state index contributed by atoms with van der Waals surface area (Å²) in [6.07, 6.45) is 3.12. The first kappa shape index (κ1) is 18.8. The number of halogens is 3. The summed E-state index contributed by atoms with van der Waals surface area (Å²) in [5.41, 5.74) is -1.02. The van der Waals surface area contributed by atoms with E-state index in [1.54, 1.807) is 0 Å². The van der Waals surface area contributed by atoms with Crippen LogP contribution in [0.1, 0.15) is 71.6 Å². The molecule has 0 aromatic carbocycles. The standard InChI is InChI=1S/C21H31F3O2/c1-19(26)9-7-13-12(11-19)3-4-15-14(13)8-10-20(2)16(15)5-6-17(20)18(25)21(22,23)24/h12-17,26H,3-11H2,1-2H3/t12-,13+,14-,15-,16+,17-,19-,20+/m1/s1. The zero-order chi connectivity index (χ0) is 18.9. The highest BCUT2D eigenvalue weighted by atomic mass is 19.4. The van der Waals surface area contributed by atoms with Crippen molar-refractivity contribution in [3.8, 4) is 0 Å². The van der Waals surface area contributed by atoms with E-state index in [4.69, 9.17) is 0 Å². The molecule has 0 aromatic rings. The molecule has 4 aliphatic rings. The average molecular weight is 372 g/mol. The lowest BCUT2D eigenvalue weighted by molar-refractivity contribution is -0.181. The monoisotopic (exact) mass is 372 g/mol. The first-order valence-electron chi connectivity index (χ1n) is 10.4. The lowest BCUT2D eigenvalue weighted by atomic mass is 9.49. The van der Waals surface area contributed by atoms with Crippen LogP contribution in [0.25, 0.3) is 0 Å². The molecule has 8 atom stereocenters. The Kier molecular flexibility index (Phi) is 4.30. The zero-order valence-electron chi connectivity index (χ0n) is 15.8. The van der Waals surface area contributed by atoms with Crippen molar-refractivity contribution in [2.24, 2.45) is 40.9 Å². The van der Waals surface area contributed by atoms with Crippen molar-refractivity contribution in [2.75, 3.05) is 0 Å². The van der Waals surface area contributed by atoms with Crippen molar-refractivity contribution < 1.29 is 23.1 Å². The van der Waals surface area contributed by atoms with Gasteiger partial charge in [0, 0.05) is 5.92 Å². The second-order valence-electron chi connectivity index (χ2n) is 10.2. The fourth-order valence-electron chi connectivity index (χ4n) is 7.71. The SMILES string of the molecule is C[C@@]1(O)CC[C@H]2[C@H](CC[C@@H]3[C@@H]2CC[C@]2(C)[C@@H](C(=O)C(F)(F)F)CC[C@@H]32)C1. The number of Topliss-reactive ketones (excluding diaryl/α,β-unsaturated/α-hetero) is 1. The third-order valence-corrected chi connectivity index (χ3v) is 8.83. The Morgan fingerprint density at radius 3 is 2.31 bits per heavy atom. The predicted octanol–water partition coefficient (Wildman–Crippen LogP) is 5.14. The second-order valence-corrected chi connectivity index (χ2v) is 10.2. The van der Waals surface area contributed by atoms with E-state index in [0.717, 1.165) is 51.4 Å². The van der Waals surface area contributed by atoms with Crippen molar-refractivity contribution >= 4 is 5.78 Å². The predicted molar refractivity (Wildman–Crippen MR) is 92.3 cm³/mol. The molecule has 4 fully saturated rings. The molecule has 0 spiro atoms. The minimum atomic E-state index is -4.70. The number of rotatable bonds is 1. The van der Waals surface area contributed by atoms with Gasteiger partial charge in [-0.15, -0.1) is 0 Å². The van der Waals surface area contributed by atoms with Crippen molar-refractivity contribution in [3.63, 3.8) is 0 Å². The quantitative estimate of drug-likeness (QED) is 0.692. The molecule has 0 amide bonds. The van der Waals surface area contributed by atoms with Crippen molar-refractivity contribution in [1.29, 1.82) is 0 Å². The van der Waals surface area contributed by atoms with Crippen LogP contribution in [-0.4, -0.2) is 22.7 Å². The van der Waals surface area contributed by atoms with Gasteiger partial charge in [0.1, 0.15) is 0 Å². The Hall–Kier alpha value is -0.580. The van der Waals surface area contributed by atoms with Crippen LogP contribution in [-0.2, 0) is 4.79 Å². The van der Waals surface area contributed by atoms with Crippen LogP contribution >= 0.6 is 0 Å². The Labute approximate surface area is 153 Å². The minimum absolute atomic E-state index is 0.265. The molecule has 4 aliphatic carbocycles. The number of fused-ring (bicyclic) bond motifs is 5. The van der Waals surface area contributed by atoms with Gasteiger partial charge in [-0.2, -0.15) is 13.2 Å². The molecule has 5 heteroatoms. The minimum Gasteiger partial charge on any atom is -0.390 e. The van der Waals surface area contributed by atoms with Gasteiger partial charge in [0.15, 0.2) is 0 Å². The van der Waals surface area contributed by atoms with Crippen LogP contribution in [0, 0.1) is 40.9 Å². The smallest absolute Gasteiger partial charge is 0.390 e. The molecule has 0 bridgehead atoms. The third-order valence-electron chi connectivity index (χ3n) is 8.83. The van der Waals surface area contributed by atoms with Crippen LogP contribution in [0.4, 0.5) is 13.2 Å². The van der Waals surface area contributed by atoms with E-state index in [-0.39, 0.29) is 5.92 Å². The molecule has 4 rings (SSSR count). The fourth-order valence-corrected chi connectivity index (χ4v) is 7.71. The molecule has 148 valence electrons. The van der Waals surface area contributed by atoms with Gasteiger partial charge in [0.2, 0.25) is 5.78 Å². The van der Waals surface area contributed by atoms with Gasteiger partial charge in [-0.05, 0) is 99.7 Å². The largest absolute Gasteiger partial charge is 0.450 e. The van der Waals surface area contributed by atoms with E-state index < -0.39 is 28.9 Å². The number of hydrogen-bond donors (Lipinski definition) is 1. The Morgan fingerprint density at radius 2 is 1.62 bits per heavy atom. The maximum atomic E-state index is 13.1. The Morgan fingerprint density at radius 1 is 0.923 bits per heavy atom. The van der Waals surface area contributed by atoms with Crippen molar-refractivity contribution in [2.45, 2.75) is 83.4 Å². The van der Waals surface area contributed by atoms with E-state index in [0.29, 0.717) is 30.1 Å². The van der Waals surface area contributed by atoms with Gasteiger partial charge in [-0.1, -0.05) is 6.92 Å². The van der Waals surface area contributed by atoms with Crippen molar-refractivity contribution in [1.82, 2.24) is 0 Å². The molecule has 1 N–H and O–H groups in total. The number of hydrogen-bond acceptors (Lipinski definition) is 2. The maximum Gasteiger partial charge on any atom is 0.450 e. The first-order chi connectivity index (χ1) is 12.0. The number of ketones is 1. The van der Waals surface area contributed by atoms with Crippen LogP contribution in [0.3, 0.4) is 0 Å². The highest BCUT2D eigenvalue weighted by Crippen LogP contribution is 2.65. The second kappa shape index (κ2) is 5.96. The summed E-state index contributed by atoms with van der Waals surface area (Å²) in [4.78, 5) is 12.0. The van der Waals surface area contributed by atoms with Crippen molar-refractivity contribution in [3.05, 3.63) is 0 Å². The first-order valence-corrected chi connectivity index (χ1v) is 10.4. The summed E-state index contributed by atoms with van der Waals surface area (Å²) in [5.74, 6) is 0.198. The topological polar surface area (TPSA) is 37.3 Å². The number of alkyl halides is 3. The molecule has 2 nitrogen and oxygen atoms in total. The number of carbonyl (C=O) groups excluding carboxylic acids is 1. The van der Waals surface area contributed by atoms with Gasteiger partial charge < -0.3 is 5.11 Å². The Bertz CT molecular complexity index is 584. The van der Waals surface area contributed by atoms with Crippen LogP contribution < -0.4 is 0 Å². The van der Waals surface area contributed by atoms with Gasteiger partial charge in [-0.3, -0.25) is 4.79 Å². The summed E-state index contributed by atoms with van der Waals surface area (Å²) in [6, 6.07) is 0. The third kappa shape index (κ3) is 2.84. The van der Waals surface area contributed by atoms with E-state index in [2.05, 4.69) is 0 Å². The lowest BCUT2D eigenvalue weighted by Crippen LogP contribution is -2.51. The van der Waals surface area contributed by atoms with Gasteiger partial charge in [-0.25, -0.2) is 0 Å². The molecule has 0 heterocycles. The highest BCUT2D eigenvalue weighted by molar-refractivity contribution is 5.87. The van der Waals surface area contributed by atoms with E-state index in [1.807, 2.05) is 13.8 Å². The summed E-state index contributed by atoms with van der Waals surface area (Å²) in [7, 11) is 0. The molecule has 0 radical (unpaired) electrons. The summed E-state index contributed by atoms with van der Waals surface area (Å²) in [5, 5.41) is 10.4. The average Bonchev–Trinajstić information content (AvgIpc) is 2.89.